The van der Waals surface area contributed by atoms with E-state index in [4.69, 9.17) is 16.3 Å². The number of nitrogens with one attached hydrogen (secondary N) is 1. The van der Waals surface area contributed by atoms with Crippen LogP contribution in [0.25, 0.3) is 0 Å². The third-order valence-corrected chi connectivity index (χ3v) is 4.28. The van der Waals surface area contributed by atoms with Gasteiger partial charge in [0.2, 0.25) is 0 Å². The van der Waals surface area contributed by atoms with Crippen molar-refractivity contribution in [1.29, 1.82) is 0 Å². The van der Waals surface area contributed by atoms with Crippen LogP contribution in [0.3, 0.4) is 0 Å². The summed E-state index contributed by atoms with van der Waals surface area (Å²) in [5.41, 5.74) is 2.43. The van der Waals surface area contributed by atoms with Gasteiger partial charge in [-0.2, -0.15) is 5.10 Å². The summed E-state index contributed by atoms with van der Waals surface area (Å²) in [6, 6.07) is 14.7. The van der Waals surface area contributed by atoms with Crippen LogP contribution in [-0.4, -0.2) is 22.8 Å². The molecule has 25 heavy (non-hydrogen) atoms. The lowest BCUT2D eigenvalue weighted by atomic mass is 10.1. The minimum atomic E-state index is -0.223. The first-order chi connectivity index (χ1) is 12.1. The van der Waals surface area contributed by atoms with Gasteiger partial charge in [-0.25, -0.2) is 4.68 Å². The fraction of sp³-hybridized carbons (Fsp3) is 0.158. The third kappa shape index (κ3) is 3.83. The fourth-order valence-electron chi connectivity index (χ4n) is 2.50. The van der Waals surface area contributed by atoms with E-state index in [1.807, 2.05) is 37.3 Å². The number of anilines is 1. The van der Waals surface area contributed by atoms with E-state index in [1.165, 1.54) is 0 Å². The topological polar surface area (TPSA) is 56.1 Å². The Morgan fingerprint density at radius 1 is 1.24 bits per heavy atom. The highest BCUT2D eigenvalue weighted by Crippen LogP contribution is 2.21. The zero-order valence-electron chi connectivity index (χ0n) is 14.0. The molecule has 0 unspecified atom stereocenters. The lowest BCUT2D eigenvalue weighted by molar-refractivity contribution is 0.102. The average molecular weight is 356 g/mol. The van der Waals surface area contributed by atoms with Crippen LogP contribution in [0.5, 0.6) is 5.75 Å². The smallest absolute Gasteiger partial charge is 0.256 e. The van der Waals surface area contributed by atoms with Gasteiger partial charge in [-0.3, -0.25) is 4.79 Å². The summed E-state index contributed by atoms with van der Waals surface area (Å²) in [4.78, 5) is 12.5. The number of rotatable bonds is 5. The summed E-state index contributed by atoms with van der Waals surface area (Å²) >= 11 is 6.20. The summed E-state index contributed by atoms with van der Waals surface area (Å²) in [5.74, 6) is 1.06. The molecular weight excluding hydrogens is 338 g/mol. The van der Waals surface area contributed by atoms with Gasteiger partial charge >= 0.3 is 0 Å². The second kappa shape index (κ2) is 7.40. The number of carbonyl (C=O) groups excluding carboxylic acids is 1. The molecule has 0 bridgehead atoms. The molecule has 1 amide bonds. The van der Waals surface area contributed by atoms with Gasteiger partial charge in [0.25, 0.3) is 5.91 Å². The zero-order chi connectivity index (χ0) is 17.8. The summed E-state index contributed by atoms with van der Waals surface area (Å²) in [6.07, 6.45) is 1.64. The number of nitrogens with zero attached hydrogens (tertiary/aromatic N) is 2. The van der Waals surface area contributed by atoms with E-state index in [1.54, 1.807) is 36.2 Å². The molecule has 1 aromatic heterocycles. The van der Waals surface area contributed by atoms with E-state index in [-0.39, 0.29) is 5.91 Å². The van der Waals surface area contributed by atoms with Crippen molar-refractivity contribution < 1.29 is 9.53 Å². The van der Waals surface area contributed by atoms with E-state index in [0.717, 1.165) is 11.1 Å². The zero-order valence-corrected chi connectivity index (χ0v) is 14.7. The molecule has 0 atom stereocenters. The Morgan fingerprint density at radius 2 is 2.04 bits per heavy atom. The van der Waals surface area contributed by atoms with E-state index < -0.39 is 0 Å². The van der Waals surface area contributed by atoms with Gasteiger partial charge in [0.05, 0.1) is 19.9 Å². The fourth-order valence-corrected chi connectivity index (χ4v) is 2.70. The Kier molecular flexibility index (Phi) is 5.05. The maximum Gasteiger partial charge on any atom is 0.256 e. The highest BCUT2D eigenvalue weighted by molar-refractivity contribution is 6.31. The Labute approximate surface area is 151 Å². The van der Waals surface area contributed by atoms with Gasteiger partial charge in [-0.1, -0.05) is 35.9 Å². The lowest BCUT2D eigenvalue weighted by Gasteiger charge is -2.11. The summed E-state index contributed by atoms with van der Waals surface area (Å²) in [6.45, 7) is 2.40. The number of aryl methyl sites for hydroxylation is 1. The molecule has 3 rings (SSSR count). The van der Waals surface area contributed by atoms with E-state index in [2.05, 4.69) is 10.4 Å². The number of carbonyl (C=O) groups is 1. The highest BCUT2D eigenvalue weighted by atomic mass is 35.5. The second-order valence-electron chi connectivity index (χ2n) is 5.60. The van der Waals surface area contributed by atoms with Crippen LogP contribution < -0.4 is 10.1 Å². The molecule has 128 valence electrons. The predicted molar refractivity (Wildman–Crippen MR) is 98.5 cm³/mol. The van der Waals surface area contributed by atoms with Crippen LogP contribution in [0, 0.1) is 6.92 Å². The number of aromatic nitrogens is 2. The van der Waals surface area contributed by atoms with Crippen molar-refractivity contribution in [1.82, 2.24) is 9.78 Å². The van der Waals surface area contributed by atoms with E-state index >= 15 is 0 Å². The predicted octanol–water partition coefficient (Wildman–Crippen LogP) is 4.15. The summed E-state index contributed by atoms with van der Waals surface area (Å²) in [5, 5.41) is 7.81. The van der Waals surface area contributed by atoms with Crippen LogP contribution in [0.15, 0.2) is 54.7 Å². The van der Waals surface area contributed by atoms with Gasteiger partial charge in [-0.15, -0.1) is 0 Å². The minimum absolute atomic E-state index is 0.223. The molecule has 0 saturated carbocycles. The van der Waals surface area contributed by atoms with E-state index in [0.29, 0.717) is 28.7 Å². The number of ether oxygens (including phenoxy) is 1. The molecule has 0 saturated heterocycles. The Balaban J connectivity index is 1.79. The monoisotopic (exact) mass is 355 g/mol. The lowest BCUT2D eigenvalue weighted by Crippen LogP contribution is -2.16. The molecule has 0 radical (unpaired) electrons. The largest absolute Gasteiger partial charge is 0.496 e. The second-order valence-corrected chi connectivity index (χ2v) is 6.01. The van der Waals surface area contributed by atoms with Crippen LogP contribution in [0.2, 0.25) is 5.02 Å². The summed E-state index contributed by atoms with van der Waals surface area (Å²) in [7, 11) is 1.59. The first kappa shape index (κ1) is 17.0. The third-order valence-electron chi connectivity index (χ3n) is 3.91. The normalized spacial score (nSPS) is 10.5. The molecule has 0 fully saturated rings. The molecule has 0 spiro atoms. The Morgan fingerprint density at radius 3 is 2.80 bits per heavy atom. The van der Waals surface area contributed by atoms with Gasteiger partial charge in [0, 0.05) is 16.7 Å². The summed E-state index contributed by atoms with van der Waals surface area (Å²) < 4.78 is 6.97. The van der Waals surface area contributed by atoms with Gasteiger partial charge in [-0.05, 0) is 36.2 Å². The number of hydrogen-bond donors (Lipinski definition) is 1. The maximum absolute atomic E-state index is 12.5. The minimum Gasteiger partial charge on any atom is -0.496 e. The molecule has 3 aromatic rings. The SMILES string of the molecule is COc1cc(C(=O)Nc2ccnn2Cc2ccccc2Cl)ccc1C. The number of hydrogen-bond acceptors (Lipinski definition) is 3. The van der Waals surface area contributed by atoms with Crippen LogP contribution in [0.1, 0.15) is 21.5 Å². The van der Waals surface area contributed by atoms with Crippen LogP contribution >= 0.6 is 11.6 Å². The molecule has 5 nitrogen and oxygen atoms in total. The number of halogens is 1. The molecule has 0 aliphatic carbocycles. The van der Waals surface area contributed by atoms with Gasteiger partial charge in [0.15, 0.2) is 0 Å². The number of amides is 1. The molecule has 0 aliphatic rings. The van der Waals surface area contributed by atoms with Crippen molar-refractivity contribution in [3.8, 4) is 5.75 Å². The average Bonchev–Trinajstić information content (AvgIpc) is 3.04. The standard InChI is InChI=1S/C19H18ClN3O2/c1-13-7-8-14(11-17(13)25-2)19(24)22-18-9-10-21-23(18)12-15-5-3-4-6-16(15)20/h3-11H,12H2,1-2H3,(H,22,24). The Bertz CT molecular complexity index is 905. The quantitative estimate of drug-likeness (QED) is 0.747. The molecule has 2 aromatic carbocycles. The molecular formula is C19H18ClN3O2. The number of benzene rings is 2. The molecule has 1 heterocycles. The Hall–Kier alpha value is -2.79. The molecule has 0 aliphatic heterocycles. The van der Waals surface area contributed by atoms with Crippen molar-refractivity contribution in [2.75, 3.05) is 12.4 Å². The van der Waals surface area contributed by atoms with Crippen molar-refractivity contribution in [3.05, 3.63) is 76.4 Å². The highest BCUT2D eigenvalue weighted by Gasteiger charge is 2.12. The van der Waals surface area contributed by atoms with Gasteiger partial charge in [0.1, 0.15) is 11.6 Å². The van der Waals surface area contributed by atoms with Crippen LogP contribution in [0.4, 0.5) is 5.82 Å². The molecule has 1 N–H and O–H groups in total. The van der Waals surface area contributed by atoms with Crippen molar-refractivity contribution >= 4 is 23.3 Å². The van der Waals surface area contributed by atoms with Crippen LogP contribution in [-0.2, 0) is 6.54 Å². The first-order valence-corrected chi connectivity index (χ1v) is 8.17. The molecule has 6 heteroatoms. The van der Waals surface area contributed by atoms with Gasteiger partial charge < -0.3 is 10.1 Å². The first-order valence-electron chi connectivity index (χ1n) is 7.79. The van der Waals surface area contributed by atoms with Crippen molar-refractivity contribution in [2.24, 2.45) is 0 Å². The van der Waals surface area contributed by atoms with Crippen molar-refractivity contribution in [2.45, 2.75) is 13.5 Å². The maximum atomic E-state index is 12.5. The van der Waals surface area contributed by atoms with Crippen molar-refractivity contribution in [3.63, 3.8) is 0 Å². The number of methoxy groups -OCH3 is 1. The van der Waals surface area contributed by atoms with E-state index in [9.17, 15) is 4.79 Å².